The molecule has 3 nitrogen and oxygen atoms in total. The molecule has 0 N–H and O–H groups in total. The van der Waals surface area contributed by atoms with Gasteiger partial charge in [0.25, 0.3) is 0 Å². The number of carbonyl (C=O) groups is 1. The van der Waals surface area contributed by atoms with Crippen LogP contribution in [0.3, 0.4) is 0 Å². The quantitative estimate of drug-likeness (QED) is 0.404. The Bertz CT molecular complexity index is 664. The van der Waals surface area contributed by atoms with Crippen molar-refractivity contribution in [3.8, 4) is 0 Å². The Morgan fingerprint density at radius 1 is 1.20 bits per heavy atom. The summed E-state index contributed by atoms with van der Waals surface area (Å²) in [7, 11) is 0. The van der Waals surface area contributed by atoms with E-state index in [9.17, 15) is 4.79 Å². The first-order chi connectivity index (χ1) is 9.49. The first-order valence-electron chi connectivity index (χ1n) is 5.12. The van der Waals surface area contributed by atoms with Gasteiger partial charge in [0, 0.05) is 5.56 Å². The van der Waals surface area contributed by atoms with E-state index in [-0.39, 0.29) is 9.90 Å². The fraction of sp³-hybridized carbons (Fsp3) is 0. The van der Waals surface area contributed by atoms with Crippen LogP contribution in [-0.4, -0.2) is 12.2 Å². The molecule has 0 amide bonds. The summed E-state index contributed by atoms with van der Waals surface area (Å²) in [4.78, 5) is 16.4. The SMILES string of the molecule is O=C(O/N=C/c1c(Cl)cccc1Cl)c1cc(Cl)sc1Cl. The number of halogens is 4. The van der Waals surface area contributed by atoms with Gasteiger partial charge in [-0.3, -0.25) is 0 Å². The van der Waals surface area contributed by atoms with Crippen LogP contribution in [0.5, 0.6) is 0 Å². The molecule has 20 heavy (non-hydrogen) atoms. The van der Waals surface area contributed by atoms with Crippen molar-refractivity contribution in [1.29, 1.82) is 0 Å². The van der Waals surface area contributed by atoms with Gasteiger partial charge in [0.2, 0.25) is 0 Å². The molecule has 0 aliphatic heterocycles. The zero-order valence-electron chi connectivity index (χ0n) is 9.57. The second-order valence-corrected chi connectivity index (χ2v) is 6.59. The lowest BCUT2D eigenvalue weighted by atomic mass is 10.2. The van der Waals surface area contributed by atoms with Crippen LogP contribution >= 0.6 is 57.7 Å². The van der Waals surface area contributed by atoms with Crippen molar-refractivity contribution in [2.24, 2.45) is 5.16 Å². The predicted molar refractivity (Wildman–Crippen MR) is 83.8 cm³/mol. The zero-order valence-corrected chi connectivity index (χ0v) is 13.4. The molecule has 0 radical (unpaired) electrons. The molecule has 0 unspecified atom stereocenters. The Kier molecular flexibility index (Phi) is 5.29. The minimum absolute atomic E-state index is 0.157. The van der Waals surface area contributed by atoms with Gasteiger partial charge in [0.15, 0.2) is 0 Å². The number of oxime groups is 1. The Labute approximate surface area is 138 Å². The molecule has 8 heteroatoms. The van der Waals surface area contributed by atoms with Crippen LogP contribution in [0.1, 0.15) is 15.9 Å². The van der Waals surface area contributed by atoms with Crippen molar-refractivity contribution < 1.29 is 9.63 Å². The van der Waals surface area contributed by atoms with Crippen molar-refractivity contribution in [2.75, 3.05) is 0 Å². The molecule has 0 aliphatic rings. The second kappa shape index (κ2) is 6.78. The summed E-state index contributed by atoms with van der Waals surface area (Å²) in [6.45, 7) is 0. The molecule has 104 valence electrons. The normalized spacial score (nSPS) is 11.0. The summed E-state index contributed by atoms with van der Waals surface area (Å²) in [6, 6.07) is 6.40. The van der Waals surface area contributed by atoms with Crippen molar-refractivity contribution in [2.45, 2.75) is 0 Å². The average molecular weight is 369 g/mol. The molecule has 0 fully saturated rings. The van der Waals surface area contributed by atoms with Gasteiger partial charge < -0.3 is 4.84 Å². The predicted octanol–water partition coefficient (Wildman–Crippen LogP) is 5.55. The third-order valence-corrected chi connectivity index (χ3v) is 4.34. The minimum atomic E-state index is -0.711. The maximum absolute atomic E-state index is 11.7. The van der Waals surface area contributed by atoms with E-state index in [1.165, 1.54) is 12.3 Å². The standard InChI is InChI=1S/C12H5Cl4NO2S/c13-8-2-1-3-9(14)7(8)5-17-19-12(18)6-4-10(15)20-11(6)16/h1-5H/b17-5+. The fourth-order valence-corrected chi connectivity index (χ4v) is 3.22. The third-order valence-electron chi connectivity index (χ3n) is 2.19. The van der Waals surface area contributed by atoms with Gasteiger partial charge >= 0.3 is 5.97 Å². The summed E-state index contributed by atoms with van der Waals surface area (Å²) < 4.78 is 0.631. The van der Waals surface area contributed by atoms with Gasteiger partial charge in [0.1, 0.15) is 4.34 Å². The number of hydrogen-bond acceptors (Lipinski definition) is 4. The van der Waals surface area contributed by atoms with Crippen LogP contribution in [0.2, 0.25) is 18.7 Å². The Balaban J connectivity index is 2.11. The summed E-state index contributed by atoms with van der Waals surface area (Å²) >= 11 is 24.5. The van der Waals surface area contributed by atoms with E-state index in [1.54, 1.807) is 18.2 Å². The monoisotopic (exact) mass is 367 g/mol. The average Bonchev–Trinajstić information content (AvgIpc) is 2.72. The highest BCUT2D eigenvalue weighted by atomic mass is 35.5. The van der Waals surface area contributed by atoms with Gasteiger partial charge in [-0.2, -0.15) is 0 Å². The highest BCUT2D eigenvalue weighted by molar-refractivity contribution is 7.20. The molecule has 1 aromatic carbocycles. The number of nitrogens with zero attached hydrogens (tertiary/aromatic N) is 1. The molecule has 2 aromatic rings. The van der Waals surface area contributed by atoms with Crippen LogP contribution < -0.4 is 0 Å². The zero-order chi connectivity index (χ0) is 14.7. The van der Waals surface area contributed by atoms with Crippen LogP contribution in [0.25, 0.3) is 0 Å². The van der Waals surface area contributed by atoms with Crippen molar-refractivity contribution in [1.82, 2.24) is 0 Å². The van der Waals surface area contributed by atoms with Crippen LogP contribution in [0.15, 0.2) is 29.4 Å². The summed E-state index contributed by atoms with van der Waals surface area (Å²) in [6.07, 6.45) is 1.25. The number of hydrogen-bond donors (Lipinski definition) is 0. The first-order valence-corrected chi connectivity index (χ1v) is 7.45. The van der Waals surface area contributed by atoms with Gasteiger partial charge in [-0.05, 0) is 18.2 Å². The Morgan fingerprint density at radius 3 is 2.40 bits per heavy atom. The van der Waals surface area contributed by atoms with E-state index < -0.39 is 5.97 Å². The largest absolute Gasteiger partial charge is 0.368 e. The van der Waals surface area contributed by atoms with Crippen LogP contribution in [0, 0.1) is 0 Å². The maximum atomic E-state index is 11.7. The fourth-order valence-electron chi connectivity index (χ4n) is 1.29. The lowest BCUT2D eigenvalue weighted by molar-refractivity contribution is 0.0520. The van der Waals surface area contributed by atoms with Gasteiger partial charge in [0.05, 0.1) is 26.2 Å². The van der Waals surface area contributed by atoms with Gasteiger partial charge in [-0.25, -0.2) is 4.79 Å². The molecule has 0 bridgehead atoms. The molecule has 1 heterocycles. The van der Waals surface area contributed by atoms with E-state index in [4.69, 9.17) is 51.2 Å². The first kappa shape index (κ1) is 15.6. The van der Waals surface area contributed by atoms with E-state index >= 15 is 0 Å². The molecule has 0 saturated heterocycles. The molecule has 0 atom stereocenters. The maximum Gasteiger partial charge on any atom is 0.368 e. The summed E-state index contributed by atoms with van der Waals surface area (Å²) in [5, 5.41) is 4.34. The topological polar surface area (TPSA) is 38.7 Å². The lowest BCUT2D eigenvalue weighted by Gasteiger charge is -2.00. The minimum Gasteiger partial charge on any atom is -0.313 e. The third kappa shape index (κ3) is 3.65. The van der Waals surface area contributed by atoms with E-state index in [0.29, 0.717) is 19.9 Å². The summed E-state index contributed by atoms with van der Waals surface area (Å²) in [5.41, 5.74) is 0.613. The molecule has 1 aromatic heterocycles. The summed E-state index contributed by atoms with van der Waals surface area (Å²) in [5.74, 6) is -0.711. The van der Waals surface area contributed by atoms with E-state index in [1.807, 2.05) is 0 Å². The molecular formula is C12H5Cl4NO2S. The van der Waals surface area contributed by atoms with Gasteiger partial charge in [-0.1, -0.05) is 57.6 Å². The van der Waals surface area contributed by atoms with E-state index in [0.717, 1.165) is 11.3 Å². The lowest BCUT2D eigenvalue weighted by Crippen LogP contribution is -2.00. The number of thiophene rings is 1. The van der Waals surface area contributed by atoms with E-state index in [2.05, 4.69) is 5.16 Å². The number of rotatable bonds is 3. The van der Waals surface area contributed by atoms with Crippen LogP contribution in [0.4, 0.5) is 0 Å². The molecule has 0 aliphatic carbocycles. The van der Waals surface area contributed by atoms with Crippen molar-refractivity contribution in [3.63, 3.8) is 0 Å². The van der Waals surface area contributed by atoms with Crippen molar-refractivity contribution in [3.05, 3.63) is 54.1 Å². The molecule has 2 rings (SSSR count). The molecule has 0 saturated carbocycles. The Hall–Kier alpha value is -0.780. The highest BCUT2D eigenvalue weighted by Crippen LogP contribution is 2.31. The second-order valence-electron chi connectivity index (χ2n) is 3.49. The number of benzene rings is 1. The van der Waals surface area contributed by atoms with Crippen molar-refractivity contribution >= 4 is 69.9 Å². The number of carbonyl (C=O) groups excluding carboxylic acids is 1. The highest BCUT2D eigenvalue weighted by Gasteiger charge is 2.15. The Morgan fingerprint density at radius 2 is 1.85 bits per heavy atom. The smallest absolute Gasteiger partial charge is 0.313 e. The molecule has 0 spiro atoms. The van der Waals surface area contributed by atoms with Gasteiger partial charge in [-0.15, -0.1) is 11.3 Å². The molecular weight excluding hydrogens is 364 g/mol. The van der Waals surface area contributed by atoms with Crippen LogP contribution in [-0.2, 0) is 4.84 Å².